The van der Waals surface area contributed by atoms with Crippen LogP contribution in [-0.4, -0.2) is 13.7 Å². The van der Waals surface area contributed by atoms with Crippen molar-refractivity contribution < 1.29 is 0 Å². The summed E-state index contributed by atoms with van der Waals surface area (Å²) >= 11 is 0. The molecule has 0 spiro atoms. The zero-order valence-corrected chi connectivity index (χ0v) is 71.9. The third-order valence-corrected chi connectivity index (χ3v) is 26.1. The van der Waals surface area contributed by atoms with Gasteiger partial charge in [0, 0.05) is 49.4 Å². The smallest absolute Gasteiger partial charge is 0.0541 e. The maximum absolute atomic E-state index is 2.41. The second-order valence-electron chi connectivity index (χ2n) is 35.8. The van der Waals surface area contributed by atoms with Gasteiger partial charge in [0.05, 0.1) is 33.1 Å². The lowest BCUT2D eigenvalue weighted by Crippen LogP contribution is -2.10. The van der Waals surface area contributed by atoms with Crippen LogP contribution in [0.2, 0.25) is 0 Å². The van der Waals surface area contributed by atoms with Crippen LogP contribution in [0.3, 0.4) is 0 Å². The van der Waals surface area contributed by atoms with Crippen molar-refractivity contribution in [1.82, 2.24) is 13.7 Å². The first-order chi connectivity index (χ1) is 61.8. The topological polar surface area (TPSA) is 14.8 Å². The van der Waals surface area contributed by atoms with Crippen LogP contribution >= 0.6 is 0 Å². The summed E-state index contributed by atoms with van der Waals surface area (Å²) in [7, 11) is 0. The lowest BCUT2D eigenvalue weighted by Gasteiger charge is -2.22. The summed E-state index contributed by atoms with van der Waals surface area (Å²) < 4.78 is 7.22. The lowest BCUT2D eigenvalue weighted by atomic mass is 9.82. The van der Waals surface area contributed by atoms with Gasteiger partial charge in [-0.15, -0.1) is 0 Å². The Morgan fingerprint density at radius 2 is 0.349 bits per heavy atom. The monoisotopic (exact) mass is 1610 g/mol. The summed E-state index contributed by atoms with van der Waals surface area (Å²) in [6.07, 6.45) is 0. The van der Waals surface area contributed by atoms with E-state index in [1.165, 1.54) is 231 Å². The van der Waals surface area contributed by atoms with Crippen LogP contribution in [0, 0.1) is 6.92 Å². The summed E-state index contributed by atoms with van der Waals surface area (Å²) in [5.41, 5.74) is 30.3. The molecule has 3 aromatic heterocycles. The molecule has 0 saturated carbocycles. The Morgan fingerprint density at radius 1 is 0.151 bits per heavy atom. The first-order valence-electron chi connectivity index (χ1n) is 44.1. The highest BCUT2D eigenvalue weighted by molar-refractivity contribution is 6.25. The van der Waals surface area contributed by atoms with Crippen molar-refractivity contribution in [3.63, 3.8) is 0 Å². The molecule has 0 aliphatic rings. The third-order valence-electron chi connectivity index (χ3n) is 26.1. The predicted molar refractivity (Wildman–Crippen MR) is 542 cm³/mol. The van der Waals surface area contributed by atoms with E-state index in [0.717, 1.165) is 0 Å². The molecule has 0 bridgehead atoms. The van der Waals surface area contributed by atoms with Crippen LogP contribution in [0.5, 0.6) is 0 Å². The second kappa shape index (κ2) is 31.2. The van der Waals surface area contributed by atoms with Crippen LogP contribution in [-0.2, 0) is 10.8 Å². The summed E-state index contributed by atoms with van der Waals surface area (Å²) in [5, 5.41) is 23.0. The fourth-order valence-corrected chi connectivity index (χ4v) is 20.3. The molecule has 3 heterocycles. The summed E-state index contributed by atoms with van der Waals surface area (Å²) in [5.74, 6) is 0. The van der Waals surface area contributed by atoms with Crippen molar-refractivity contribution in [3.05, 3.63) is 453 Å². The van der Waals surface area contributed by atoms with Gasteiger partial charge >= 0.3 is 0 Å². The van der Waals surface area contributed by atoms with Crippen molar-refractivity contribution in [1.29, 1.82) is 0 Å². The number of nitrogens with zero attached hydrogens (tertiary/aromatic N) is 3. The molecule has 3 heteroatoms. The van der Waals surface area contributed by atoms with Gasteiger partial charge in [-0.05, 0) is 233 Å². The van der Waals surface area contributed by atoms with Crippen LogP contribution < -0.4 is 0 Å². The van der Waals surface area contributed by atoms with Gasteiger partial charge in [-0.2, -0.15) is 0 Å². The molecule has 0 aliphatic heterocycles. The molecular formula is C123H93N3. The van der Waals surface area contributed by atoms with Gasteiger partial charge in [-0.3, -0.25) is 0 Å². The van der Waals surface area contributed by atoms with Gasteiger partial charge in [-0.25, -0.2) is 0 Å². The third kappa shape index (κ3) is 13.2. The fourth-order valence-electron chi connectivity index (χ4n) is 20.3. The molecule has 0 unspecified atom stereocenters. The molecular weight excluding hydrogens is 1520 g/mol. The van der Waals surface area contributed by atoms with Crippen molar-refractivity contribution in [2.45, 2.75) is 59.3 Å². The van der Waals surface area contributed by atoms with Crippen LogP contribution in [0.1, 0.15) is 58.2 Å². The minimum absolute atomic E-state index is 0.0782. The average Bonchev–Trinajstić information content (AvgIpc) is 0.864. The summed E-state index contributed by atoms with van der Waals surface area (Å²) in [4.78, 5) is 0. The average molecular weight is 1610 g/mol. The van der Waals surface area contributed by atoms with E-state index < -0.39 is 0 Å². The number of para-hydroxylation sites is 6. The largest absolute Gasteiger partial charge is 0.309 e. The highest BCUT2D eigenvalue weighted by atomic mass is 15.0. The van der Waals surface area contributed by atoms with Gasteiger partial charge in [0.15, 0.2) is 0 Å². The number of benzene rings is 21. The highest BCUT2D eigenvalue weighted by Crippen LogP contribution is 2.50. The fraction of sp³-hybridized carbons (Fsp3) is 0.0732. The number of rotatable bonds is 9. The van der Waals surface area contributed by atoms with Crippen molar-refractivity contribution in [2.75, 3.05) is 0 Å². The molecule has 600 valence electrons. The lowest BCUT2D eigenvalue weighted by molar-refractivity contribution is 0.590. The highest BCUT2D eigenvalue weighted by Gasteiger charge is 2.25. The minimum Gasteiger partial charge on any atom is -0.309 e. The molecule has 0 saturated heterocycles. The quantitative estimate of drug-likeness (QED) is 0.128. The molecule has 0 N–H and O–H groups in total. The molecule has 24 rings (SSSR count). The zero-order chi connectivity index (χ0) is 84.9. The van der Waals surface area contributed by atoms with Crippen LogP contribution in [0.25, 0.3) is 214 Å². The molecule has 0 fully saturated rings. The van der Waals surface area contributed by atoms with E-state index in [4.69, 9.17) is 0 Å². The SMILES string of the molecule is CC(C)(C)c1ccc(-c2c3ccccc3c(-c3cccc(-n4c5ccccc5c5ccccc54)c3)c3ccccc23)cc1.CC(C)(C)c1cccc(-c2c3ccccc3c(-c3cccc(-n4c5ccccc5c5ccccc54)c3)c3ccccc23)c1.Cc1cccc(-c2c3ccccc3c(-c3cccc(-n4c5ccccc5c5ccccc54)c3)c3ccccc23)c1. The van der Waals surface area contributed by atoms with Crippen molar-refractivity contribution in [2.24, 2.45) is 0 Å². The molecule has 0 aliphatic carbocycles. The number of hydrogen-bond donors (Lipinski definition) is 0. The Kier molecular flexibility index (Phi) is 19.0. The molecule has 0 radical (unpaired) electrons. The molecule has 24 aromatic rings. The molecule has 3 nitrogen and oxygen atoms in total. The van der Waals surface area contributed by atoms with E-state index in [2.05, 4.69) is 499 Å². The van der Waals surface area contributed by atoms with Gasteiger partial charge in [-0.1, -0.05) is 411 Å². The van der Waals surface area contributed by atoms with Gasteiger partial charge in [0.1, 0.15) is 0 Å². The Labute approximate surface area is 735 Å². The van der Waals surface area contributed by atoms with Gasteiger partial charge in [0.25, 0.3) is 0 Å². The molecule has 0 amide bonds. The predicted octanol–water partition coefficient (Wildman–Crippen LogP) is 34.2. The number of aryl methyl sites for hydroxylation is 1. The van der Waals surface area contributed by atoms with E-state index in [0.29, 0.717) is 0 Å². The van der Waals surface area contributed by atoms with Crippen LogP contribution in [0.15, 0.2) is 437 Å². The Morgan fingerprint density at radius 3 is 0.587 bits per heavy atom. The number of aromatic nitrogens is 3. The maximum atomic E-state index is 2.41. The van der Waals surface area contributed by atoms with Gasteiger partial charge < -0.3 is 13.7 Å². The van der Waals surface area contributed by atoms with Crippen molar-refractivity contribution in [3.8, 4) is 83.8 Å². The second-order valence-corrected chi connectivity index (χ2v) is 35.8. The normalized spacial score (nSPS) is 11.9. The molecule has 126 heavy (non-hydrogen) atoms. The summed E-state index contributed by atoms with van der Waals surface area (Å²) in [6, 6.07) is 160. The first-order valence-corrected chi connectivity index (χ1v) is 44.1. The maximum Gasteiger partial charge on any atom is 0.0541 e. The van der Waals surface area contributed by atoms with E-state index >= 15 is 0 Å². The Balaban J connectivity index is 0.000000112. The van der Waals surface area contributed by atoms with E-state index in [-0.39, 0.29) is 10.8 Å². The molecule has 21 aromatic carbocycles. The standard InChI is InChI=1S/2C42H33N.C39H27N/c1-42(2,3)30-16-12-14-28(26-30)40-34-20-4-6-22-36(34)41(37-23-7-5-21-35(37)40)29-15-13-17-31(27-29)43-38-24-10-8-18-32(38)33-19-9-11-25-39(33)43;1-42(2,3)30-25-23-28(24-26-30)40-34-17-4-6-19-36(34)41(37-20-7-5-18-35(37)40)29-13-12-14-31(27-29)43-38-21-10-8-15-32(38)33-16-9-11-22-39(33)43;1-26-12-10-13-27(24-26)38-32-18-2-4-20-34(32)39(35-21-5-3-19-33(35)38)28-14-11-15-29(25-28)40-36-22-8-6-16-30(36)31-17-7-9-23-37(31)40/h2*4-27H,1-3H3;2-25H,1H3. The van der Waals surface area contributed by atoms with E-state index in [1.807, 2.05) is 0 Å². The first kappa shape index (κ1) is 76.7. The van der Waals surface area contributed by atoms with Crippen molar-refractivity contribution >= 4 is 130 Å². The molecule has 0 atom stereocenters. The van der Waals surface area contributed by atoms with Gasteiger partial charge in [0.2, 0.25) is 0 Å². The van der Waals surface area contributed by atoms with E-state index in [9.17, 15) is 0 Å². The minimum atomic E-state index is 0.0782. The summed E-state index contributed by atoms with van der Waals surface area (Å²) in [6.45, 7) is 15.8. The van der Waals surface area contributed by atoms with E-state index in [1.54, 1.807) is 0 Å². The van der Waals surface area contributed by atoms with Crippen LogP contribution in [0.4, 0.5) is 0 Å². The Hall–Kier alpha value is -15.4. The number of hydrogen-bond acceptors (Lipinski definition) is 0. The number of fused-ring (bicyclic) bond motifs is 15. The Bertz CT molecular complexity index is 8100. The zero-order valence-electron chi connectivity index (χ0n) is 71.9.